The van der Waals surface area contributed by atoms with Crippen LogP contribution in [0.2, 0.25) is 5.02 Å². The Morgan fingerprint density at radius 3 is 2.32 bits per heavy atom. The van der Waals surface area contributed by atoms with Crippen LogP contribution in [0.4, 0.5) is 0 Å². The van der Waals surface area contributed by atoms with Crippen LogP contribution in [0.1, 0.15) is 56.6 Å². The second-order valence-electron chi connectivity index (χ2n) is 8.76. The molecule has 1 aliphatic carbocycles. The van der Waals surface area contributed by atoms with Gasteiger partial charge in [-0.25, -0.2) is 0 Å². The molecule has 2 aromatic carbocycles. The van der Waals surface area contributed by atoms with E-state index < -0.39 is 6.04 Å². The monoisotopic (exact) mass is 502 g/mol. The molecule has 0 radical (unpaired) electrons. The van der Waals surface area contributed by atoms with Crippen LogP contribution in [-0.2, 0) is 21.9 Å². The number of nitrogens with one attached hydrogen (secondary N) is 1. The molecule has 1 fully saturated rings. The van der Waals surface area contributed by atoms with E-state index in [4.69, 9.17) is 16.3 Å². The number of amides is 2. The lowest BCUT2D eigenvalue weighted by atomic mass is 9.95. The standard InChI is InChI=1S/C27H35ClN2O3S/c1-3-25(27(32)29-23-7-5-4-6-8-23)30(17-20-9-13-22(28)14-10-20)26(31)19-34-18-21-11-15-24(33-2)16-12-21/h9-16,23,25H,3-8,17-19H2,1-2H3,(H,29,32). The number of hydrogen-bond donors (Lipinski definition) is 1. The molecule has 1 N–H and O–H groups in total. The van der Waals surface area contributed by atoms with Crippen LogP contribution >= 0.6 is 23.4 Å². The molecule has 0 saturated heterocycles. The number of carbonyl (C=O) groups is 2. The van der Waals surface area contributed by atoms with Crippen molar-refractivity contribution >= 4 is 35.2 Å². The van der Waals surface area contributed by atoms with Crippen LogP contribution < -0.4 is 10.1 Å². The Kier molecular flexibility index (Phi) is 10.6. The summed E-state index contributed by atoms with van der Waals surface area (Å²) < 4.78 is 5.21. The molecule has 184 valence electrons. The average molecular weight is 503 g/mol. The smallest absolute Gasteiger partial charge is 0.243 e. The van der Waals surface area contributed by atoms with Gasteiger partial charge >= 0.3 is 0 Å². The van der Waals surface area contributed by atoms with Crippen molar-refractivity contribution in [3.8, 4) is 5.75 Å². The van der Waals surface area contributed by atoms with Gasteiger partial charge < -0.3 is 15.0 Å². The van der Waals surface area contributed by atoms with Gasteiger partial charge in [-0.1, -0.05) is 62.1 Å². The minimum atomic E-state index is -0.494. The first kappa shape index (κ1) is 26.4. The van der Waals surface area contributed by atoms with Crippen molar-refractivity contribution in [2.75, 3.05) is 12.9 Å². The molecule has 34 heavy (non-hydrogen) atoms. The number of carbonyl (C=O) groups excluding carboxylic acids is 2. The Labute approximate surface area is 212 Å². The lowest BCUT2D eigenvalue weighted by Gasteiger charge is -2.32. The Bertz CT molecular complexity index is 914. The number of ether oxygens (including phenoxy) is 1. The van der Waals surface area contributed by atoms with Crippen LogP contribution in [0.25, 0.3) is 0 Å². The summed E-state index contributed by atoms with van der Waals surface area (Å²) in [7, 11) is 1.65. The van der Waals surface area contributed by atoms with Crippen LogP contribution in [-0.4, -0.2) is 41.7 Å². The van der Waals surface area contributed by atoms with E-state index in [9.17, 15) is 9.59 Å². The van der Waals surface area contributed by atoms with E-state index in [0.717, 1.165) is 48.3 Å². The zero-order valence-electron chi connectivity index (χ0n) is 20.1. The van der Waals surface area contributed by atoms with E-state index >= 15 is 0 Å². The van der Waals surface area contributed by atoms with Gasteiger partial charge in [-0.2, -0.15) is 0 Å². The maximum atomic E-state index is 13.4. The van der Waals surface area contributed by atoms with Gasteiger partial charge in [0.25, 0.3) is 0 Å². The molecule has 5 nitrogen and oxygen atoms in total. The topological polar surface area (TPSA) is 58.6 Å². The third-order valence-electron chi connectivity index (χ3n) is 6.26. The van der Waals surface area contributed by atoms with Gasteiger partial charge in [-0.15, -0.1) is 11.8 Å². The quantitative estimate of drug-likeness (QED) is 0.419. The van der Waals surface area contributed by atoms with Gasteiger partial charge in [-0.3, -0.25) is 9.59 Å². The number of benzene rings is 2. The Hall–Kier alpha value is -2.18. The van der Waals surface area contributed by atoms with Crippen molar-refractivity contribution in [1.29, 1.82) is 0 Å². The molecule has 3 rings (SSSR count). The number of thioether (sulfide) groups is 1. The highest BCUT2D eigenvalue weighted by molar-refractivity contribution is 7.99. The summed E-state index contributed by atoms with van der Waals surface area (Å²) in [6.07, 6.45) is 6.14. The molecular weight excluding hydrogens is 468 g/mol. The van der Waals surface area contributed by atoms with Gasteiger partial charge in [0.2, 0.25) is 11.8 Å². The summed E-state index contributed by atoms with van der Waals surface area (Å²) in [5, 5.41) is 3.87. The number of halogens is 1. The Balaban J connectivity index is 1.67. The first-order chi connectivity index (χ1) is 16.5. The zero-order chi connectivity index (χ0) is 24.3. The Morgan fingerprint density at radius 1 is 1.06 bits per heavy atom. The maximum Gasteiger partial charge on any atom is 0.243 e. The number of nitrogens with zero attached hydrogens (tertiary/aromatic N) is 1. The van der Waals surface area contributed by atoms with Gasteiger partial charge in [-0.05, 0) is 54.7 Å². The van der Waals surface area contributed by atoms with Crippen LogP contribution in [0.3, 0.4) is 0 Å². The van der Waals surface area contributed by atoms with Crippen molar-refractivity contribution in [2.45, 2.75) is 69.8 Å². The minimum absolute atomic E-state index is 0.0286. The molecule has 0 spiro atoms. The van der Waals surface area contributed by atoms with Crippen molar-refractivity contribution in [3.05, 3.63) is 64.7 Å². The predicted octanol–water partition coefficient (Wildman–Crippen LogP) is 5.84. The first-order valence-electron chi connectivity index (χ1n) is 12.0. The molecule has 1 unspecified atom stereocenters. The molecule has 0 heterocycles. The van der Waals surface area contributed by atoms with Crippen LogP contribution in [0, 0.1) is 0 Å². The van der Waals surface area contributed by atoms with E-state index in [-0.39, 0.29) is 17.9 Å². The largest absolute Gasteiger partial charge is 0.497 e. The highest BCUT2D eigenvalue weighted by Crippen LogP contribution is 2.21. The SMILES string of the molecule is CCC(C(=O)NC1CCCCC1)N(Cc1ccc(Cl)cc1)C(=O)CSCc1ccc(OC)cc1. The second-order valence-corrected chi connectivity index (χ2v) is 10.2. The summed E-state index contributed by atoms with van der Waals surface area (Å²) in [5.41, 5.74) is 2.09. The van der Waals surface area contributed by atoms with Crippen molar-refractivity contribution < 1.29 is 14.3 Å². The number of hydrogen-bond acceptors (Lipinski definition) is 4. The molecule has 7 heteroatoms. The van der Waals surface area contributed by atoms with Gasteiger partial charge in [0, 0.05) is 23.4 Å². The molecule has 0 bridgehead atoms. The van der Waals surface area contributed by atoms with Gasteiger partial charge in [0.05, 0.1) is 12.9 Å². The lowest BCUT2D eigenvalue weighted by molar-refractivity contribution is -0.139. The summed E-state index contributed by atoms with van der Waals surface area (Å²) in [5.74, 6) is 1.77. The molecule has 2 aromatic rings. The number of methoxy groups -OCH3 is 1. The molecule has 1 atom stereocenters. The highest BCUT2D eigenvalue weighted by atomic mass is 35.5. The average Bonchev–Trinajstić information content (AvgIpc) is 2.86. The van der Waals surface area contributed by atoms with Crippen LogP contribution in [0.5, 0.6) is 5.75 Å². The molecule has 1 aliphatic rings. The third-order valence-corrected chi connectivity index (χ3v) is 7.50. The minimum Gasteiger partial charge on any atom is -0.497 e. The van der Waals surface area contributed by atoms with E-state index in [1.54, 1.807) is 23.8 Å². The van der Waals surface area contributed by atoms with Crippen molar-refractivity contribution in [2.24, 2.45) is 0 Å². The third kappa shape index (κ3) is 7.95. The van der Waals surface area contributed by atoms with Gasteiger partial charge in [0.15, 0.2) is 0 Å². The van der Waals surface area contributed by atoms with E-state index in [1.165, 1.54) is 6.42 Å². The fraction of sp³-hybridized carbons (Fsp3) is 0.481. The predicted molar refractivity (Wildman–Crippen MR) is 140 cm³/mol. The highest BCUT2D eigenvalue weighted by Gasteiger charge is 2.30. The lowest BCUT2D eigenvalue weighted by Crippen LogP contribution is -2.52. The molecule has 0 aromatic heterocycles. The number of rotatable bonds is 11. The molecule has 0 aliphatic heterocycles. The molecule has 1 saturated carbocycles. The summed E-state index contributed by atoms with van der Waals surface area (Å²) >= 11 is 7.61. The zero-order valence-corrected chi connectivity index (χ0v) is 21.7. The van der Waals surface area contributed by atoms with E-state index in [2.05, 4.69) is 5.32 Å². The Morgan fingerprint density at radius 2 is 1.71 bits per heavy atom. The fourth-order valence-corrected chi connectivity index (χ4v) is 5.31. The van der Waals surface area contributed by atoms with Crippen molar-refractivity contribution in [1.82, 2.24) is 10.2 Å². The summed E-state index contributed by atoms with van der Waals surface area (Å²) in [4.78, 5) is 28.4. The molecule has 2 amide bonds. The summed E-state index contributed by atoms with van der Waals surface area (Å²) in [6, 6.07) is 15.1. The van der Waals surface area contributed by atoms with E-state index in [1.807, 2.05) is 55.5 Å². The van der Waals surface area contributed by atoms with Gasteiger partial charge in [0.1, 0.15) is 11.8 Å². The second kappa shape index (κ2) is 13.6. The summed E-state index contributed by atoms with van der Waals surface area (Å²) in [6.45, 7) is 2.35. The fourth-order valence-electron chi connectivity index (χ4n) is 4.31. The maximum absolute atomic E-state index is 13.4. The molecular formula is C27H35ClN2O3S. The first-order valence-corrected chi connectivity index (χ1v) is 13.6. The van der Waals surface area contributed by atoms with E-state index in [0.29, 0.717) is 23.7 Å². The van der Waals surface area contributed by atoms with Crippen LogP contribution in [0.15, 0.2) is 48.5 Å². The normalized spacial score (nSPS) is 14.9. The van der Waals surface area contributed by atoms with Crippen molar-refractivity contribution in [3.63, 3.8) is 0 Å².